The summed E-state index contributed by atoms with van der Waals surface area (Å²) in [6.45, 7) is 0.671. The second kappa shape index (κ2) is 9.95. The Bertz CT molecular complexity index is 1080. The van der Waals surface area contributed by atoms with Crippen LogP contribution in [0, 0.1) is 0 Å². The highest BCUT2D eigenvalue weighted by atomic mass is 19.4. The summed E-state index contributed by atoms with van der Waals surface area (Å²) in [5, 5.41) is 8.05. The first-order valence-corrected chi connectivity index (χ1v) is 11.4. The van der Waals surface area contributed by atoms with Crippen LogP contribution in [-0.4, -0.2) is 42.7 Å². The van der Waals surface area contributed by atoms with Gasteiger partial charge in [-0.05, 0) is 62.4 Å². The molecule has 1 heterocycles. The maximum atomic E-state index is 12.9. The lowest BCUT2D eigenvalue weighted by atomic mass is 9.91. The van der Waals surface area contributed by atoms with Gasteiger partial charge in [-0.25, -0.2) is 4.98 Å². The highest BCUT2D eigenvalue weighted by Gasteiger charge is 2.30. The Kier molecular flexibility index (Phi) is 7.02. The molecule has 3 aromatic rings. The molecule has 1 aliphatic carbocycles. The van der Waals surface area contributed by atoms with E-state index in [1.54, 1.807) is 6.07 Å². The molecular weight excluding hydrogens is 427 g/mol. The molecule has 0 bridgehead atoms. The zero-order valence-corrected chi connectivity index (χ0v) is 19.0. The number of aromatic nitrogens is 2. The van der Waals surface area contributed by atoms with Gasteiger partial charge in [-0.2, -0.15) is 18.2 Å². The van der Waals surface area contributed by atoms with Crippen LogP contribution in [0.25, 0.3) is 10.9 Å². The Hall–Kier alpha value is -2.87. The van der Waals surface area contributed by atoms with Gasteiger partial charge < -0.3 is 15.5 Å². The van der Waals surface area contributed by atoms with Crippen molar-refractivity contribution in [2.75, 3.05) is 30.9 Å². The first-order chi connectivity index (χ1) is 15.8. The van der Waals surface area contributed by atoms with Crippen molar-refractivity contribution in [1.29, 1.82) is 0 Å². The number of anilines is 2. The average Bonchev–Trinajstić information content (AvgIpc) is 2.79. The maximum absolute atomic E-state index is 12.9. The number of benzene rings is 2. The van der Waals surface area contributed by atoms with E-state index in [0.717, 1.165) is 48.5 Å². The molecule has 0 radical (unpaired) electrons. The fourth-order valence-corrected chi connectivity index (χ4v) is 4.41. The number of para-hydroxylation sites is 1. The van der Waals surface area contributed by atoms with E-state index < -0.39 is 11.7 Å². The van der Waals surface area contributed by atoms with Crippen LogP contribution >= 0.6 is 0 Å². The number of fused-ring (bicyclic) bond motifs is 1. The number of nitrogens with one attached hydrogen (secondary N) is 2. The number of alkyl halides is 3. The molecular formula is C25H30F3N5. The van der Waals surface area contributed by atoms with Gasteiger partial charge in [-0.3, -0.25) is 0 Å². The first kappa shape index (κ1) is 23.3. The van der Waals surface area contributed by atoms with Gasteiger partial charge in [0, 0.05) is 31.6 Å². The number of hydrogen-bond donors (Lipinski definition) is 2. The monoisotopic (exact) mass is 457 g/mol. The molecule has 1 aliphatic rings. The first-order valence-electron chi connectivity index (χ1n) is 11.4. The lowest BCUT2D eigenvalue weighted by molar-refractivity contribution is -0.137. The Morgan fingerprint density at radius 3 is 2.39 bits per heavy atom. The Balaban J connectivity index is 1.28. The summed E-state index contributed by atoms with van der Waals surface area (Å²) >= 11 is 0. The van der Waals surface area contributed by atoms with E-state index in [-0.39, 0.29) is 0 Å². The van der Waals surface area contributed by atoms with Crippen molar-refractivity contribution < 1.29 is 13.2 Å². The summed E-state index contributed by atoms with van der Waals surface area (Å²) in [6, 6.07) is 14.3. The lowest BCUT2D eigenvalue weighted by Crippen LogP contribution is -2.38. The standard InChI is InChI=1S/C25H30F3N5/c1-33(2)23-21-8-3-4-9-22(21)31-24(32-23)30-20-12-10-19(11-13-20)29-15-14-17-6-5-7-18(16-17)25(26,27)28/h3-9,16,19-20,29H,10-15H2,1-2H3,(H,30,31,32). The maximum Gasteiger partial charge on any atom is 0.416 e. The van der Waals surface area contributed by atoms with Crippen molar-refractivity contribution >= 4 is 22.7 Å². The van der Waals surface area contributed by atoms with Gasteiger partial charge in [0.15, 0.2) is 0 Å². The second-order valence-electron chi connectivity index (χ2n) is 8.88. The van der Waals surface area contributed by atoms with Crippen LogP contribution in [0.3, 0.4) is 0 Å². The summed E-state index contributed by atoms with van der Waals surface area (Å²) in [5.74, 6) is 1.55. The predicted molar refractivity (Wildman–Crippen MR) is 127 cm³/mol. The molecule has 0 aliphatic heterocycles. The van der Waals surface area contributed by atoms with E-state index in [0.29, 0.717) is 36.6 Å². The number of rotatable bonds is 7. The molecule has 1 aromatic heterocycles. The molecule has 1 fully saturated rings. The van der Waals surface area contributed by atoms with Gasteiger partial charge in [0.05, 0.1) is 11.1 Å². The average molecular weight is 458 g/mol. The summed E-state index contributed by atoms with van der Waals surface area (Å²) in [4.78, 5) is 11.4. The normalized spacial score (nSPS) is 18.9. The third-order valence-corrected chi connectivity index (χ3v) is 6.17. The molecule has 176 valence electrons. The summed E-state index contributed by atoms with van der Waals surface area (Å²) in [6.07, 6.45) is 0.295. The van der Waals surface area contributed by atoms with Crippen molar-refractivity contribution in [1.82, 2.24) is 15.3 Å². The van der Waals surface area contributed by atoms with Gasteiger partial charge in [0.25, 0.3) is 0 Å². The summed E-state index contributed by atoms with van der Waals surface area (Å²) in [7, 11) is 3.96. The predicted octanol–water partition coefficient (Wildman–Crippen LogP) is 5.27. The molecule has 0 saturated heterocycles. The van der Waals surface area contributed by atoms with Crippen molar-refractivity contribution in [3.63, 3.8) is 0 Å². The number of hydrogen-bond acceptors (Lipinski definition) is 5. The highest BCUT2D eigenvalue weighted by molar-refractivity contribution is 5.90. The smallest absolute Gasteiger partial charge is 0.362 e. The van der Waals surface area contributed by atoms with Crippen molar-refractivity contribution in [3.8, 4) is 0 Å². The lowest BCUT2D eigenvalue weighted by Gasteiger charge is -2.30. The van der Waals surface area contributed by atoms with Crippen LogP contribution < -0.4 is 15.5 Å². The fourth-order valence-electron chi connectivity index (χ4n) is 4.41. The van der Waals surface area contributed by atoms with E-state index >= 15 is 0 Å². The van der Waals surface area contributed by atoms with E-state index in [1.807, 2.05) is 43.3 Å². The zero-order chi connectivity index (χ0) is 23.4. The molecule has 8 heteroatoms. The topological polar surface area (TPSA) is 53.1 Å². The zero-order valence-electron chi connectivity index (χ0n) is 19.0. The summed E-state index contributed by atoms with van der Waals surface area (Å²) in [5.41, 5.74) is 1.04. The van der Waals surface area contributed by atoms with Crippen LogP contribution in [0.2, 0.25) is 0 Å². The van der Waals surface area contributed by atoms with Crippen molar-refractivity contribution in [2.24, 2.45) is 0 Å². The Morgan fingerprint density at radius 2 is 1.67 bits per heavy atom. The molecule has 33 heavy (non-hydrogen) atoms. The van der Waals surface area contributed by atoms with Gasteiger partial charge in [-0.1, -0.05) is 30.3 Å². The van der Waals surface area contributed by atoms with Crippen LogP contribution in [0.5, 0.6) is 0 Å². The molecule has 0 spiro atoms. The minimum atomic E-state index is -4.29. The van der Waals surface area contributed by atoms with Gasteiger partial charge >= 0.3 is 6.18 Å². The van der Waals surface area contributed by atoms with Gasteiger partial charge in [-0.15, -0.1) is 0 Å². The Labute approximate surface area is 192 Å². The van der Waals surface area contributed by atoms with Crippen LogP contribution in [0.1, 0.15) is 36.8 Å². The molecule has 0 atom stereocenters. The van der Waals surface area contributed by atoms with E-state index in [1.165, 1.54) is 12.1 Å². The quantitative estimate of drug-likeness (QED) is 0.506. The third-order valence-electron chi connectivity index (χ3n) is 6.17. The number of halogens is 3. The second-order valence-corrected chi connectivity index (χ2v) is 8.88. The minimum absolute atomic E-state index is 0.308. The fraction of sp³-hybridized carbons (Fsp3) is 0.440. The van der Waals surface area contributed by atoms with Crippen LogP contribution in [-0.2, 0) is 12.6 Å². The molecule has 0 unspecified atom stereocenters. The molecule has 1 saturated carbocycles. The van der Waals surface area contributed by atoms with Crippen LogP contribution in [0.15, 0.2) is 48.5 Å². The van der Waals surface area contributed by atoms with E-state index in [2.05, 4.69) is 10.6 Å². The highest BCUT2D eigenvalue weighted by Crippen LogP contribution is 2.30. The molecule has 5 nitrogen and oxygen atoms in total. The van der Waals surface area contributed by atoms with Crippen molar-refractivity contribution in [2.45, 2.75) is 50.4 Å². The van der Waals surface area contributed by atoms with Crippen molar-refractivity contribution in [3.05, 3.63) is 59.7 Å². The molecule has 2 N–H and O–H groups in total. The Morgan fingerprint density at radius 1 is 0.939 bits per heavy atom. The van der Waals surface area contributed by atoms with E-state index in [4.69, 9.17) is 9.97 Å². The molecule has 4 rings (SSSR count). The van der Waals surface area contributed by atoms with Gasteiger partial charge in [0.2, 0.25) is 5.95 Å². The minimum Gasteiger partial charge on any atom is -0.362 e. The number of nitrogens with zero attached hydrogens (tertiary/aromatic N) is 3. The molecule has 0 amide bonds. The van der Waals surface area contributed by atoms with E-state index in [9.17, 15) is 13.2 Å². The molecule has 2 aromatic carbocycles. The third kappa shape index (κ3) is 5.93. The SMILES string of the molecule is CN(C)c1nc(NC2CCC(NCCc3cccc(C(F)(F)F)c3)CC2)nc2ccccc12. The largest absolute Gasteiger partial charge is 0.416 e. The summed E-state index contributed by atoms with van der Waals surface area (Å²) < 4.78 is 38.6. The van der Waals surface area contributed by atoms with Crippen LogP contribution in [0.4, 0.5) is 24.9 Å². The van der Waals surface area contributed by atoms with Gasteiger partial charge in [0.1, 0.15) is 5.82 Å².